The summed E-state index contributed by atoms with van der Waals surface area (Å²) in [6, 6.07) is 4.50. The SMILES string of the molecule is CC(C)(C)NC(=O)O[C@@H]1CC[C@H](c2cc(NC(=O)Cc3ncccc3F)n[nH]2)C1. The predicted molar refractivity (Wildman–Crippen MR) is 105 cm³/mol. The zero-order valence-electron chi connectivity index (χ0n) is 16.8. The standard InChI is InChI=1S/C20H26FN5O3/c1-20(2,3)24-19(28)29-13-7-6-12(9-13)15-10-17(26-25-15)23-18(27)11-16-14(21)5-4-8-22-16/h4-5,8,10,12-13H,6-7,9,11H2,1-3H3,(H,24,28)(H2,23,25,26,27)/t12-,13+/m0/s1. The molecule has 2 amide bonds. The number of pyridine rings is 1. The second-order valence-corrected chi connectivity index (χ2v) is 8.28. The number of hydrogen-bond donors (Lipinski definition) is 3. The second-order valence-electron chi connectivity index (χ2n) is 8.28. The highest BCUT2D eigenvalue weighted by atomic mass is 19.1. The van der Waals surface area contributed by atoms with E-state index in [1.165, 1.54) is 18.3 Å². The van der Waals surface area contributed by atoms with Gasteiger partial charge in [0.25, 0.3) is 0 Å². The van der Waals surface area contributed by atoms with Crippen LogP contribution in [0, 0.1) is 5.82 Å². The molecule has 0 radical (unpaired) electrons. The van der Waals surface area contributed by atoms with Gasteiger partial charge >= 0.3 is 6.09 Å². The van der Waals surface area contributed by atoms with Crippen LogP contribution in [0.25, 0.3) is 0 Å². The molecule has 2 aromatic heterocycles. The average molecular weight is 403 g/mol. The van der Waals surface area contributed by atoms with Gasteiger partial charge in [0, 0.05) is 29.4 Å². The van der Waals surface area contributed by atoms with Gasteiger partial charge in [0.15, 0.2) is 5.82 Å². The van der Waals surface area contributed by atoms with E-state index >= 15 is 0 Å². The molecule has 2 heterocycles. The number of aromatic nitrogens is 3. The van der Waals surface area contributed by atoms with Crippen molar-refractivity contribution in [2.45, 2.75) is 64.0 Å². The molecule has 8 nitrogen and oxygen atoms in total. The molecule has 0 aromatic carbocycles. The van der Waals surface area contributed by atoms with Crippen molar-refractivity contribution in [1.82, 2.24) is 20.5 Å². The van der Waals surface area contributed by atoms with Gasteiger partial charge in [-0.1, -0.05) is 0 Å². The lowest BCUT2D eigenvalue weighted by molar-refractivity contribution is -0.115. The number of carbonyl (C=O) groups is 2. The molecule has 1 fully saturated rings. The number of alkyl carbamates (subject to hydrolysis) is 1. The molecule has 3 rings (SSSR count). The van der Waals surface area contributed by atoms with Crippen LogP contribution in [0.4, 0.5) is 15.0 Å². The first-order valence-corrected chi connectivity index (χ1v) is 9.63. The first kappa shape index (κ1) is 20.8. The van der Waals surface area contributed by atoms with Gasteiger partial charge in [0.05, 0.1) is 12.1 Å². The number of hydrogen-bond acceptors (Lipinski definition) is 5. The van der Waals surface area contributed by atoms with Crippen LogP contribution in [0.3, 0.4) is 0 Å². The molecule has 0 unspecified atom stereocenters. The number of aromatic amines is 1. The third-order valence-electron chi connectivity index (χ3n) is 4.60. The fourth-order valence-electron chi connectivity index (χ4n) is 3.31. The van der Waals surface area contributed by atoms with Crippen molar-refractivity contribution in [2.24, 2.45) is 0 Å². The molecule has 9 heteroatoms. The summed E-state index contributed by atoms with van der Waals surface area (Å²) >= 11 is 0. The van der Waals surface area contributed by atoms with Crippen LogP contribution in [0.5, 0.6) is 0 Å². The molecule has 1 aliphatic rings. The van der Waals surface area contributed by atoms with Crippen molar-refractivity contribution < 1.29 is 18.7 Å². The van der Waals surface area contributed by atoms with Crippen molar-refractivity contribution in [1.29, 1.82) is 0 Å². The number of anilines is 1. The highest BCUT2D eigenvalue weighted by Gasteiger charge is 2.30. The highest BCUT2D eigenvalue weighted by molar-refractivity contribution is 5.91. The van der Waals surface area contributed by atoms with Gasteiger partial charge in [-0.2, -0.15) is 5.10 Å². The zero-order chi connectivity index (χ0) is 21.0. The number of H-pyrrole nitrogens is 1. The lowest BCUT2D eigenvalue weighted by atomic mass is 10.0. The number of carbonyl (C=O) groups excluding carboxylic acids is 2. The van der Waals surface area contributed by atoms with Crippen LogP contribution < -0.4 is 10.6 Å². The van der Waals surface area contributed by atoms with E-state index in [0.717, 1.165) is 18.5 Å². The van der Waals surface area contributed by atoms with E-state index in [4.69, 9.17) is 4.74 Å². The Morgan fingerprint density at radius 3 is 2.86 bits per heavy atom. The molecule has 0 aliphatic heterocycles. The maximum atomic E-state index is 13.6. The average Bonchev–Trinajstić information content (AvgIpc) is 3.24. The quantitative estimate of drug-likeness (QED) is 0.710. The minimum absolute atomic E-state index is 0.0880. The van der Waals surface area contributed by atoms with E-state index in [-0.39, 0.29) is 29.7 Å². The molecular formula is C20H26FN5O3. The maximum absolute atomic E-state index is 13.6. The van der Waals surface area contributed by atoms with Crippen molar-refractivity contribution in [2.75, 3.05) is 5.32 Å². The minimum Gasteiger partial charge on any atom is -0.446 e. The molecule has 1 aliphatic carbocycles. The Morgan fingerprint density at radius 1 is 1.34 bits per heavy atom. The molecule has 156 valence electrons. The third-order valence-corrected chi connectivity index (χ3v) is 4.60. The molecule has 0 bridgehead atoms. The number of amides is 2. The number of nitrogens with zero attached hydrogens (tertiary/aromatic N) is 2. The molecule has 29 heavy (non-hydrogen) atoms. The largest absolute Gasteiger partial charge is 0.446 e. The monoisotopic (exact) mass is 403 g/mol. The van der Waals surface area contributed by atoms with Crippen LogP contribution in [0.1, 0.15) is 57.3 Å². The second kappa shape index (κ2) is 8.59. The lowest BCUT2D eigenvalue weighted by Gasteiger charge is -2.22. The number of halogens is 1. The van der Waals surface area contributed by atoms with Crippen molar-refractivity contribution >= 4 is 17.8 Å². The van der Waals surface area contributed by atoms with Crippen molar-refractivity contribution in [3.05, 3.63) is 41.6 Å². The van der Waals surface area contributed by atoms with Gasteiger partial charge in [-0.3, -0.25) is 14.9 Å². The van der Waals surface area contributed by atoms with Crippen LogP contribution in [-0.2, 0) is 16.0 Å². The van der Waals surface area contributed by atoms with E-state index < -0.39 is 17.8 Å². The summed E-state index contributed by atoms with van der Waals surface area (Å²) in [5, 5.41) is 12.5. The smallest absolute Gasteiger partial charge is 0.407 e. The lowest BCUT2D eigenvalue weighted by Crippen LogP contribution is -2.42. The van der Waals surface area contributed by atoms with Crippen LogP contribution in [0.2, 0.25) is 0 Å². The number of nitrogens with one attached hydrogen (secondary N) is 3. The van der Waals surface area contributed by atoms with Gasteiger partial charge in [0.1, 0.15) is 11.9 Å². The molecule has 2 aromatic rings. The predicted octanol–water partition coefficient (Wildman–Crippen LogP) is 3.29. The Balaban J connectivity index is 1.51. The maximum Gasteiger partial charge on any atom is 0.407 e. The number of rotatable bonds is 5. The van der Waals surface area contributed by atoms with Crippen LogP contribution in [0.15, 0.2) is 24.4 Å². The van der Waals surface area contributed by atoms with E-state index in [0.29, 0.717) is 12.2 Å². The van der Waals surface area contributed by atoms with Gasteiger partial charge < -0.3 is 15.4 Å². The Morgan fingerprint density at radius 2 is 2.14 bits per heavy atom. The van der Waals surface area contributed by atoms with Crippen molar-refractivity contribution in [3.8, 4) is 0 Å². The summed E-state index contributed by atoms with van der Waals surface area (Å²) in [6.45, 7) is 5.69. The Labute approximate surface area is 168 Å². The van der Waals surface area contributed by atoms with Crippen LogP contribution in [-0.4, -0.2) is 38.8 Å². The summed E-state index contributed by atoms with van der Waals surface area (Å²) in [4.78, 5) is 27.9. The highest BCUT2D eigenvalue weighted by Crippen LogP contribution is 2.35. The van der Waals surface area contributed by atoms with Gasteiger partial charge in [-0.05, 0) is 52.2 Å². The van der Waals surface area contributed by atoms with Gasteiger partial charge in [0.2, 0.25) is 5.91 Å². The van der Waals surface area contributed by atoms with Gasteiger partial charge in [-0.15, -0.1) is 0 Å². The van der Waals surface area contributed by atoms with E-state index in [1.807, 2.05) is 20.8 Å². The molecular weight excluding hydrogens is 377 g/mol. The fraction of sp³-hybridized carbons (Fsp3) is 0.500. The first-order chi connectivity index (χ1) is 13.7. The normalized spacial score (nSPS) is 19.0. The summed E-state index contributed by atoms with van der Waals surface area (Å²) in [7, 11) is 0. The summed E-state index contributed by atoms with van der Waals surface area (Å²) in [5.74, 6) is -0.380. The minimum atomic E-state index is -0.516. The van der Waals surface area contributed by atoms with E-state index in [9.17, 15) is 14.0 Å². The Bertz CT molecular complexity index is 877. The summed E-state index contributed by atoms with van der Waals surface area (Å²) in [5.41, 5.74) is 0.612. The first-order valence-electron chi connectivity index (χ1n) is 9.63. The summed E-state index contributed by atoms with van der Waals surface area (Å²) in [6.07, 6.45) is 3.00. The molecule has 3 N–H and O–H groups in total. The van der Waals surface area contributed by atoms with Crippen molar-refractivity contribution in [3.63, 3.8) is 0 Å². The van der Waals surface area contributed by atoms with E-state index in [2.05, 4.69) is 25.8 Å². The Hall–Kier alpha value is -2.97. The molecule has 0 spiro atoms. The summed E-state index contributed by atoms with van der Waals surface area (Å²) < 4.78 is 19.1. The topological polar surface area (TPSA) is 109 Å². The molecule has 0 saturated heterocycles. The van der Waals surface area contributed by atoms with Gasteiger partial charge in [-0.25, -0.2) is 9.18 Å². The zero-order valence-corrected chi connectivity index (χ0v) is 16.8. The Kier molecular flexibility index (Phi) is 6.14. The third kappa shape index (κ3) is 6.00. The van der Waals surface area contributed by atoms with Crippen LogP contribution >= 0.6 is 0 Å². The van der Waals surface area contributed by atoms with E-state index in [1.54, 1.807) is 6.07 Å². The number of ether oxygens (including phenoxy) is 1. The molecule has 2 atom stereocenters. The molecule has 1 saturated carbocycles. The fourth-order valence-corrected chi connectivity index (χ4v) is 3.31.